The second-order valence-electron chi connectivity index (χ2n) is 4.41. The molecule has 0 unspecified atom stereocenters. The minimum absolute atomic E-state index is 0.0542. The van der Waals surface area contributed by atoms with E-state index in [1.807, 2.05) is 0 Å². The van der Waals surface area contributed by atoms with Gasteiger partial charge < -0.3 is 4.57 Å². The molecule has 0 aliphatic heterocycles. The number of aryl methyl sites for hydroxylation is 1. The molecule has 0 radical (unpaired) electrons. The van der Waals surface area contributed by atoms with Gasteiger partial charge in [-0.15, -0.1) is 0 Å². The van der Waals surface area contributed by atoms with Crippen LogP contribution >= 0.6 is 0 Å². The Balaban J connectivity index is 2.23. The molecule has 0 aliphatic rings. The molecule has 3 aromatic rings. The van der Waals surface area contributed by atoms with Gasteiger partial charge in [-0.1, -0.05) is 0 Å². The van der Waals surface area contributed by atoms with Gasteiger partial charge >= 0.3 is 6.18 Å². The van der Waals surface area contributed by atoms with E-state index in [1.54, 1.807) is 7.05 Å². The van der Waals surface area contributed by atoms with Crippen LogP contribution in [0.15, 0.2) is 30.7 Å². The number of rotatable bonds is 1. The smallest absolute Gasteiger partial charge is 0.312 e. The number of imidazole rings is 1. The molecule has 0 amide bonds. The zero-order valence-corrected chi connectivity index (χ0v) is 10.7. The average molecular weight is 296 g/mol. The number of alkyl halides is 3. The van der Waals surface area contributed by atoms with Gasteiger partial charge in [-0.25, -0.2) is 14.4 Å². The van der Waals surface area contributed by atoms with Crippen molar-refractivity contribution in [1.82, 2.24) is 19.5 Å². The highest BCUT2D eigenvalue weighted by atomic mass is 19.4. The van der Waals surface area contributed by atoms with E-state index in [2.05, 4.69) is 15.0 Å². The Morgan fingerprint density at radius 2 is 1.95 bits per heavy atom. The van der Waals surface area contributed by atoms with Crippen LogP contribution in [-0.2, 0) is 13.2 Å². The summed E-state index contributed by atoms with van der Waals surface area (Å²) in [6, 6.07) is 2.30. The summed E-state index contributed by atoms with van der Waals surface area (Å²) >= 11 is 0. The number of hydrogen-bond donors (Lipinski definition) is 0. The number of pyridine rings is 2. The van der Waals surface area contributed by atoms with Gasteiger partial charge in [-0.05, 0) is 12.1 Å². The van der Waals surface area contributed by atoms with Gasteiger partial charge in [0.05, 0.1) is 17.3 Å². The normalized spacial score (nSPS) is 12.0. The van der Waals surface area contributed by atoms with Gasteiger partial charge in [0.15, 0.2) is 11.5 Å². The maximum atomic E-state index is 13.7. The first kappa shape index (κ1) is 13.5. The van der Waals surface area contributed by atoms with Crippen LogP contribution in [0.25, 0.3) is 22.6 Å². The van der Waals surface area contributed by atoms with Gasteiger partial charge in [0, 0.05) is 19.4 Å². The lowest BCUT2D eigenvalue weighted by atomic mass is 10.2. The quantitative estimate of drug-likeness (QED) is 0.648. The summed E-state index contributed by atoms with van der Waals surface area (Å²) in [5.41, 5.74) is -0.443. The summed E-state index contributed by atoms with van der Waals surface area (Å²) in [6.07, 6.45) is -1.37. The molecule has 3 heterocycles. The van der Waals surface area contributed by atoms with Crippen molar-refractivity contribution in [2.24, 2.45) is 7.05 Å². The fourth-order valence-electron chi connectivity index (χ4n) is 2.03. The summed E-state index contributed by atoms with van der Waals surface area (Å²) < 4.78 is 53.2. The second kappa shape index (κ2) is 4.51. The Labute approximate surface area is 116 Å². The first-order chi connectivity index (χ1) is 9.88. The lowest BCUT2D eigenvalue weighted by Crippen LogP contribution is -2.05. The van der Waals surface area contributed by atoms with Crippen LogP contribution < -0.4 is 0 Å². The van der Waals surface area contributed by atoms with Crippen molar-refractivity contribution >= 4 is 11.2 Å². The van der Waals surface area contributed by atoms with Crippen LogP contribution in [0.1, 0.15) is 5.56 Å². The van der Waals surface area contributed by atoms with E-state index in [1.165, 1.54) is 16.8 Å². The molecule has 3 rings (SSSR count). The molecule has 21 heavy (non-hydrogen) atoms. The molecule has 0 fully saturated rings. The fraction of sp³-hybridized carbons (Fsp3) is 0.154. The SMILES string of the molecule is Cn1c(-c2ccncc2F)nc2cc(C(F)(F)F)cnc21. The molecule has 0 saturated heterocycles. The molecule has 0 aliphatic carbocycles. The third-order valence-corrected chi connectivity index (χ3v) is 3.05. The molecule has 0 saturated carbocycles. The number of aromatic nitrogens is 4. The van der Waals surface area contributed by atoms with Gasteiger partial charge in [0.1, 0.15) is 11.3 Å². The summed E-state index contributed by atoms with van der Waals surface area (Å²) in [5.74, 6) is -0.413. The van der Waals surface area contributed by atoms with Crippen molar-refractivity contribution in [1.29, 1.82) is 0 Å². The van der Waals surface area contributed by atoms with Crippen LogP contribution in [0, 0.1) is 5.82 Å². The highest BCUT2D eigenvalue weighted by Crippen LogP contribution is 2.31. The van der Waals surface area contributed by atoms with Gasteiger partial charge in [-0.3, -0.25) is 4.98 Å². The van der Waals surface area contributed by atoms with Crippen molar-refractivity contribution in [2.75, 3.05) is 0 Å². The highest BCUT2D eigenvalue weighted by molar-refractivity contribution is 5.77. The Kier molecular flexibility index (Phi) is 2.89. The maximum absolute atomic E-state index is 13.7. The zero-order valence-electron chi connectivity index (χ0n) is 10.7. The Bertz CT molecular complexity index is 823. The lowest BCUT2D eigenvalue weighted by molar-refractivity contribution is -0.137. The van der Waals surface area contributed by atoms with E-state index < -0.39 is 17.6 Å². The summed E-state index contributed by atoms with van der Waals surface area (Å²) in [7, 11) is 1.56. The highest BCUT2D eigenvalue weighted by Gasteiger charge is 2.31. The summed E-state index contributed by atoms with van der Waals surface area (Å²) in [6.45, 7) is 0. The minimum atomic E-state index is -4.50. The molecule has 0 atom stereocenters. The van der Waals surface area contributed by atoms with Crippen LogP contribution in [0.3, 0.4) is 0 Å². The molecular formula is C13H8F4N4. The monoisotopic (exact) mass is 296 g/mol. The van der Waals surface area contributed by atoms with Crippen LogP contribution in [0.2, 0.25) is 0 Å². The third kappa shape index (κ3) is 2.22. The van der Waals surface area contributed by atoms with Gasteiger partial charge in [0.2, 0.25) is 0 Å². The molecule has 3 aromatic heterocycles. The van der Waals surface area contributed by atoms with Crippen LogP contribution in [0.4, 0.5) is 17.6 Å². The van der Waals surface area contributed by atoms with Crippen LogP contribution in [0.5, 0.6) is 0 Å². The average Bonchev–Trinajstić information content (AvgIpc) is 2.75. The maximum Gasteiger partial charge on any atom is 0.417 e. The van der Waals surface area contributed by atoms with Crippen molar-refractivity contribution in [3.63, 3.8) is 0 Å². The van der Waals surface area contributed by atoms with Crippen molar-refractivity contribution in [3.05, 3.63) is 42.1 Å². The topological polar surface area (TPSA) is 43.6 Å². The first-order valence-electron chi connectivity index (χ1n) is 5.87. The fourth-order valence-corrected chi connectivity index (χ4v) is 2.03. The van der Waals surface area contributed by atoms with E-state index in [9.17, 15) is 17.6 Å². The second-order valence-corrected chi connectivity index (χ2v) is 4.41. The number of fused-ring (bicyclic) bond motifs is 1. The van der Waals surface area contributed by atoms with Gasteiger partial charge in [-0.2, -0.15) is 13.2 Å². The molecule has 4 nitrogen and oxygen atoms in total. The first-order valence-corrected chi connectivity index (χ1v) is 5.87. The van der Waals surface area contributed by atoms with Gasteiger partial charge in [0.25, 0.3) is 0 Å². The van der Waals surface area contributed by atoms with Crippen molar-refractivity contribution in [2.45, 2.75) is 6.18 Å². The van der Waals surface area contributed by atoms with Crippen molar-refractivity contribution < 1.29 is 17.6 Å². The Morgan fingerprint density at radius 1 is 1.19 bits per heavy atom. The van der Waals surface area contributed by atoms with E-state index in [-0.39, 0.29) is 22.6 Å². The molecule has 108 valence electrons. The predicted molar refractivity (Wildman–Crippen MR) is 66.7 cm³/mol. The minimum Gasteiger partial charge on any atom is -0.312 e. The van der Waals surface area contributed by atoms with E-state index in [0.717, 1.165) is 18.5 Å². The standard InChI is InChI=1S/C13H8F4N4/c1-21-11(8-2-3-18-6-9(8)14)20-10-4-7(13(15,16)17)5-19-12(10)21/h2-6H,1H3. The largest absolute Gasteiger partial charge is 0.417 e. The molecular weight excluding hydrogens is 288 g/mol. The van der Waals surface area contributed by atoms with E-state index in [4.69, 9.17) is 0 Å². The number of hydrogen-bond acceptors (Lipinski definition) is 3. The summed E-state index contributed by atoms with van der Waals surface area (Å²) in [4.78, 5) is 11.4. The molecule has 0 N–H and O–H groups in total. The molecule has 8 heteroatoms. The summed E-state index contributed by atoms with van der Waals surface area (Å²) in [5, 5.41) is 0. The van der Waals surface area contributed by atoms with Crippen molar-refractivity contribution in [3.8, 4) is 11.4 Å². The molecule has 0 aromatic carbocycles. The number of nitrogens with zero attached hydrogens (tertiary/aromatic N) is 4. The molecule has 0 bridgehead atoms. The Morgan fingerprint density at radius 3 is 2.62 bits per heavy atom. The zero-order chi connectivity index (χ0) is 15.2. The molecule has 0 spiro atoms. The third-order valence-electron chi connectivity index (χ3n) is 3.05. The van der Waals surface area contributed by atoms with E-state index >= 15 is 0 Å². The predicted octanol–water partition coefficient (Wildman–Crippen LogP) is 3.19. The number of halogens is 4. The van der Waals surface area contributed by atoms with E-state index in [0.29, 0.717) is 0 Å². The Hall–Kier alpha value is -2.51. The lowest BCUT2D eigenvalue weighted by Gasteiger charge is -2.05. The van der Waals surface area contributed by atoms with Crippen LogP contribution in [-0.4, -0.2) is 19.5 Å².